The number of hydrogen-bond donors (Lipinski definition) is 2. The summed E-state index contributed by atoms with van der Waals surface area (Å²) in [4.78, 5) is 12.1. The number of rotatable bonds is 6. The molecule has 4 heteroatoms. The van der Waals surface area contributed by atoms with Crippen molar-refractivity contribution < 1.29 is 9.90 Å². The smallest absolute Gasteiger partial charge is 0.252 e. The van der Waals surface area contributed by atoms with Crippen LogP contribution in [0.15, 0.2) is 24.3 Å². The summed E-state index contributed by atoms with van der Waals surface area (Å²) in [5.74, 6) is -0.267. The fourth-order valence-corrected chi connectivity index (χ4v) is 1.92. The highest BCUT2D eigenvalue weighted by Gasteiger charge is 2.26. The van der Waals surface area contributed by atoms with Crippen LogP contribution in [0.25, 0.3) is 0 Å². The van der Waals surface area contributed by atoms with Crippen molar-refractivity contribution in [3.63, 3.8) is 0 Å². The van der Waals surface area contributed by atoms with Gasteiger partial charge in [0.05, 0.1) is 23.8 Å². The van der Waals surface area contributed by atoms with E-state index < -0.39 is 0 Å². The summed E-state index contributed by atoms with van der Waals surface area (Å²) in [7, 11) is 0. The molecular weight excluding hydrogens is 240 g/mol. The molecule has 0 saturated carbocycles. The first-order valence-corrected chi connectivity index (χ1v) is 6.50. The Kier molecular flexibility index (Phi) is 5.53. The Labute approximate surface area is 114 Å². The van der Waals surface area contributed by atoms with E-state index in [0.717, 1.165) is 12.8 Å². The molecule has 0 fully saturated rings. The number of amides is 1. The number of nitriles is 1. The molecule has 19 heavy (non-hydrogen) atoms. The van der Waals surface area contributed by atoms with Gasteiger partial charge in [0.2, 0.25) is 0 Å². The Morgan fingerprint density at radius 2 is 2.00 bits per heavy atom. The van der Waals surface area contributed by atoms with Gasteiger partial charge in [0.25, 0.3) is 5.91 Å². The zero-order valence-corrected chi connectivity index (χ0v) is 11.4. The van der Waals surface area contributed by atoms with E-state index in [2.05, 4.69) is 5.32 Å². The van der Waals surface area contributed by atoms with Gasteiger partial charge in [0, 0.05) is 12.0 Å². The van der Waals surface area contributed by atoms with Gasteiger partial charge in [-0.1, -0.05) is 26.0 Å². The summed E-state index contributed by atoms with van der Waals surface area (Å²) in [6.07, 6.45) is 1.58. The number of carbonyl (C=O) groups is 1. The lowest BCUT2D eigenvalue weighted by Crippen LogP contribution is -2.39. The lowest BCUT2D eigenvalue weighted by atomic mass is 9.83. The average Bonchev–Trinajstić information content (AvgIpc) is 2.49. The molecule has 0 aliphatic rings. The van der Waals surface area contributed by atoms with Crippen molar-refractivity contribution >= 4 is 5.91 Å². The van der Waals surface area contributed by atoms with Gasteiger partial charge in [0.15, 0.2) is 0 Å². The lowest BCUT2D eigenvalue weighted by molar-refractivity contribution is 0.0851. The first-order valence-electron chi connectivity index (χ1n) is 6.50. The predicted octanol–water partition coefficient (Wildman–Crippen LogP) is 2.09. The molecule has 102 valence electrons. The molecule has 1 rings (SSSR count). The van der Waals surface area contributed by atoms with Crippen LogP contribution in [0.3, 0.4) is 0 Å². The average molecular weight is 260 g/mol. The van der Waals surface area contributed by atoms with Gasteiger partial charge >= 0.3 is 0 Å². The number of nitrogens with one attached hydrogen (secondary N) is 1. The molecule has 0 saturated heterocycles. The van der Waals surface area contributed by atoms with Crippen LogP contribution in [-0.4, -0.2) is 24.2 Å². The molecule has 4 nitrogen and oxygen atoms in total. The van der Waals surface area contributed by atoms with Crippen molar-refractivity contribution in [1.29, 1.82) is 5.26 Å². The van der Waals surface area contributed by atoms with Crippen LogP contribution in [0.4, 0.5) is 0 Å². The maximum atomic E-state index is 12.1. The Balaban J connectivity index is 2.78. The van der Waals surface area contributed by atoms with Crippen LogP contribution in [0, 0.1) is 16.7 Å². The zero-order valence-electron chi connectivity index (χ0n) is 11.4. The van der Waals surface area contributed by atoms with E-state index in [9.17, 15) is 9.90 Å². The van der Waals surface area contributed by atoms with E-state index in [4.69, 9.17) is 5.26 Å². The van der Waals surface area contributed by atoms with E-state index in [1.54, 1.807) is 24.3 Å². The number of aliphatic hydroxyl groups excluding tert-OH is 1. The number of benzene rings is 1. The summed E-state index contributed by atoms with van der Waals surface area (Å²) < 4.78 is 0. The Bertz CT molecular complexity index is 465. The van der Waals surface area contributed by atoms with Crippen molar-refractivity contribution in [2.75, 3.05) is 13.2 Å². The Morgan fingerprint density at radius 1 is 1.37 bits per heavy atom. The van der Waals surface area contributed by atoms with Gasteiger partial charge in [-0.3, -0.25) is 4.79 Å². The van der Waals surface area contributed by atoms with E-state index >= 15 is 0 Å². The maximum absolute atomic E-state index is 12.1. The maximum Gasteiger partial charge on any atom is 0.252 e. The zero-order chi connectivity index (χ0) is 14.3. The van der Waals surface area contributed by atoms with E-state index in [0.29, 0.717) is 17.7 Å². The quantitative estimate of drug-likeness (QED) is 0.822. The van der Waals surface area contributed by atoms with Crippen LogP contribution in [0.1, 0.15) is 42.6 Å². The van der Waals surface area contributed by atoms with Crippen LogP contribution in [-0.2, 0) is 0 Å². The van der Waals surface area contributed by atoms with Crippen molar-refractivity contribution in [3.05, 3.63) is 35.4 Å². The Morgan fingerprint density at radius 3 is 2.53 bits per heavy atom. The topological polar surface area (TPSA) is 73.1 Å². The van der Waals surface area contributed by atoms with Crippen LogP contribution < -0.4 is 5.32 Å². The highest BCUT2D eigenvalue weighted by molar-refractivity contribution is 5.96. The molecule has 2 N–H and O–H groups in total. The van der Waals surface area contributed by atoms with Crippen LogP contribution >= 0.6 is 0 Å². The second-order valence-corrected chi connectivity index (χ2v) is 4.71. The van der Waals surface area contributed by atoms with Crippen molar-refractivity contribution in [2.24, 2.45) is 5.41 Å². The SMILES string of the molecule is CCC(CC)(CO)CNC(=O)c1ccccc1C#N. The third-order valence-electron chi connectivity index (χ3n) is 3.75. The first-order chi connectivity index (χ1) is 9.12. The second kappa shape index (κ2) is 6.91. The third-order valence-corrected chi connectivity index (χ3v) is 3.75. The molecule has 0 radical (unpaired) electrons. The van der Waals surface area contributed by atoms with Gasteiger partial charge in [0.1, 0.15) is 0 Å². The molecule has 1 aromatic carbocycles. The lowest BCUT2D eigenvalue weighted by Gasteiger charge is -2.29. The minimum absolute atomic E-state index is 0.0418. The normalized spacial score (nSPS) is 10.8. The Hall–Kier alpha value is -1.86. The van der Waals surface area contributed by atoms with Crippen LogP contribution in [0.5, 0.6) is 0 Å². The molecule has 0 aromatic heterocycles. The van der Waals surface area contributed by atoms with Crippen molar-refractivity contribution in [3.8, 4) is 6.07 Å². The minimum Gasteiger partial charge on any atom is -0.396 e. The van der Waals surface area contributed by atoms with Gasteiger partial charge in [-0.05, 0) is 25.0 Å². The van der Waals surface area contributed by atoms with E-state index in [1.165, 1.54) is 0 Å². The van der Waals surface area contributed by atoms with E-state index in [-0.39, 0.29) is 17.9 Å². The highest BCUT2D eigenvalue weighted by Crippen LogP contribution is 2.24. The number of aliphatic hydroxyl groups is 1. The van der Waals surface area contributed by atoms with Gasteiger partial charge in [-0.2, -0.15) is 5.26 Å². The standard InChI is InChI=1S/C15H20N2O2/c1-3-15(4-2,11-18)10-17-14(19)13-8-6-5-7-12(13)9-16/h5-8,18H,3-4,10-11H2,1-2H3,(H,17,19). The van der Waals surface area contributed by atoms with Crippen molar-refractivity contribution in [2.45, 2.75) is 26.7 Å². The summed E-state index contributed by atoms with van der Waals surface area (Å²) in [6, 6.07) is 8.71. The molecule has 0 atom stereocenters. The summed E-state index contributed by atoms with van der Waals surface area (Å²) in [5, 5.41) is 21.2. The van der Waals surface area contributed by atoms with Gasteiger partial charge in [-0.25, -0.2) is 0 Å². The molecule has 1 amide bonds. The first kappa shape index (κ1) is 15.2. The largest absolute Gasteiger partial charge is 0.396 e. The van der Waals surface area contributed by atoms with E-state index in [1.807, 2.05) is 19.9 Å². The second-order valence-electron chi connectivity index (χ2n) is 4.71. The number of hydrogen-bond acceptors (Lipinski definition) is 3. The van der Waals surface area contributed by atoms with Crippen LogP contribution in [0.2, 0.25) is 0 Å². The van der Waals surface area contributed by atoms with Gasteiger partial charge < -0.3 is 10.4 Å². The summed E-state index contributed by atoms with van der Waals surface area (Å²) in [6.45, 7) is 4.44. The molecule has 1 aromatic rings. The molecule has 0 heterocycles. The summed E-state index contributed by atoms with van der Waals surface area (Å²) >= 11 is 0. The molecule has 0 spiro atoms. The summed E-state index contributed by atoms with van der Waals surface area (Å²) in [5.41, 5.74) is 0.462. The molecule has 0 aliphatic heterocycles. The number of nitrogens with zero attached hydrogens (tertiary/aromatic N) is 1. The highest BCUT2D eigenvalue weighted by atomic mass is 16.3. The molecule has 0 unspecified atom stereocenters. The molecule has 0 bridgehead atoms. The van der Waals surface area contributed by atoms with Gasteiger partial charge in [-0.15, -0.1) is 0 Å². The minimum atomic E-state index is -0.281. The fourth-order valence-electron chi connectivity index (χ4n) is 1.92. The molecular formula is C15H20N2O2. The predicted molar refractivity (Wildman–Crippen MR) is 73.6 cm³/mol. The van der Waals surface area contributed by atoms with Crippen molar-refractivity contribution in [1.82, 2.24) is 5.32 Å². The number of carbonyl (C=O) groups excluding carboxylic acids is 1. The third kappa shape index (κ3) is 3.55. The molecule has 0 aliphatic carbocycles. The fraction of sp³-hybridized carbons (Fsp3) is 0.467. The monoisotopic (exact) mass is 260 g/mol.